The van der Waals surface area contributed by atoms with Gasteiger partial charge < -0.3 is 13.3 Å². The molecule has 0 aromatic carbocycles. The molecule has 6 heteroatoms. The van der Waals surface area contributed by atoms with Crippen LogP contribution < -0.4 is 0 Å². The maximum Gasteiger partial charge on any atom is 0.514 e. The van der Waals surface area contributed by atoms with E-state index in [0.29, 0.717) is 26.2 Å². The predicted molar refractivity (Wildman–Crippen MR) is 115 cm³/mol. The highest BCUT2D eigenvalue weighted by Crippen LogP contribution is 2.27. The molecule has 0 fully saturated rings. The Hall–Kier alpha value is 0.117. The van der Waals surface area contributed by atoms with Crippen LogP contribution in [0.25, 0.3) is 0 Å². The van der Waals surface area contributed by atoms with Crippen LogP contribution in [-0.4, -0.2) is 38.6 Å². The number of thioether (sulfide) groups is 1. The lowest BCUT2D eigenvalue weighted by molar-refractivity contribution is -0.111. The monoisotopic (exact) mass is 406 g/mol. The molecule has 0 aliphatic heterocycles. The number of carbonyl (C=O) groups is 1. The average Bonchev–Trinajstić information content (AvgIpc) is 2.60. The lowest BCUT2D eigenvalue weighted by atomic mass is 10.1. The molecule has 0 aliphatic rings. The van der Waals surface area contributed by atoms with Gasteiger partial charge in [0.1, 0.15) is 0 Å². The molecule has 1 unspecified atom stereocenters. The molecule has 0 saturated heterocycles. The smallest absolute Gasteiger partial charge is 0.373 e. The predicted octanol–water partition coefficient (Wildman–Crippen LogP) is 6.14. The van der Waals surface area contributed by atoms with Gasteiger partial charge in [-0.15, -0.1) is 0 Å². The van der Waals surface area contributed by atoms with Gasteiger partial charge in [0, 0.05) is 26.2 Å². The summed E-state index contributed by atoms with van der Waals surface area (Å²) in [6.45, 7) is 11.7. The summed E-state index contributed by atoms with van der Waals surface area (Å²) in [7, 11) is -2.80. The number of rotatable bonds is 18. The first-order valence-corrected chi connectivity index (χ1v) is 13.4. The summed E-state index contributed by atoms with van der Waals surface area (Å²) in [6, 6.07) is 0. The third-order valence-electron chi connectivity index (χ3n) is 4.33. The number of hydrogen-bond acceptors (Lipinski definition) is 5. The third kappa shape index (κ3) is 11.8. The van der Waals surface area contributed by atoms with Gasteiger partial charge in [-0.2, -0.15) is 0 Å². The Morgan fingerprint density at radius 2 is 1.19 bits per heavy atom. The second-order valence-electron chi connectivity index (χ2n) is 6.61. The van der Waals surface area contributed by atoms with E-state index in [0.717, 1.165) is 12.8 Å². The molecule has 26 heavy (non-hydrogen) atoms. The lowest BCUT2D eigenvalue weighted by Gasteiger charge is -2.32. The van der Waals surface area contributed by atoms with Crippen molar-refractivity contribution in [3.05, 3.63) is 0 Å². The molecule has 0 radical (unpaired) electrons. The fraction of sp³-hybridized carbons (Fsp3) is 0.950. The van der Waals surface area contributed by atoms with Gasteiger partial charge in [0.15, 0.2) is 5.12 Å². The van der Waals surface area contributed by atoms with Crippen molar-refractivity contribution in [2.24, 2.45) is 0 Å². The summed E-state index contributed by atoms with van der Waals surface area (Å²) in [5, 5.41) is 0.233. The summed E-state index contributed by atoms with van der Waals surface area (Å²) in [5.74, 6) is 0. The minimum Gasteiger partial charge on any atom is -0.373 e. The van der Waals surface area contributed by atoms with Crippen molar-refractivity contribution in [3.8, 4) is 0 Å². The summed E-state index contributed by atoms with van der Waals surface area (Å²) in [5.41, 5.74) is 0. The number of hydrogen-bond donors (Lipinski definition) is 0. The zero-order valence-electron chi connectivity index (χ0n) is 17.8. The van der Waals surface area contributed by atoms with Crippen molar-refractivity contribution >= 4 is 25.7 Å². The van der Waals surface area contributed by atoms with Crippen LogP contribution in [0.3, 0.4) is 0 Å². The van der Waals surface area contributed by atoms with Crippen LogP contribution in [0, 0.1) is 0 Å². The van der Waals surface area contributed by atoms with Crippen molar-refractivity contribution in [1.29, 1.82) is 0 Å². The highest BCUT2D eigenvalue weighted by molar-refractivity contribution is 8.15. The molecule has 0 amide bonds. The highest BCUT2D eigenvalue weighted by atomic mass is 32.2. The van der Waals surface area contributed by atoms with Crippen LogP contribution in [0.15, 0.2) is 0 Å². The molecule has 0 N–H and O–H groups in total. The van der Waals surface area contributed by atoms with Crippen molar-refractivity contribution in [1.82, 2.24) is 0 Å². The SMILES string of the molecule is CCCCCCCCCCCC(=O)SC(C)[Si](OCC)(OCC)OCC. The van der Waals surface area contributed by atoms with Gasteiger partial charge in [0.05, 0.1) is 4.87 Å². The van der Waals surface area contributed by atoms with Gasteiger partial charge in [0.2, 0.25) is 0 Å². The van der Waals surface area contributed by atoms with Crippen molar-refractivity contribution in [3.63, 3.8) is 0 Å². The van der Waals surface area contributed by atoms with Gasteiger partial charge in [-0.25, -0.2) is 0 Å². The first-order valence-electron chi connectivity index (χ1n) is 10.7. The Morgan fingerprint density at radius 1 is 0.769 bits per heavy atom. The number of carbonyl (C=O) groups excluding carboxylic acids is 1. The zero-order chi connectivity index (χ0) is 19.7. The van der Waals surface area contributed by atoms with E-state index >= 15 is 0 Å². The van der Waals surface area contributed by atoms with Crippen LogP contribution in [0.4, 0.5) is 0 Å². The Balaban J connectivity index is 4.07. The third-order valence-corrected chi connectivity index (χ3v) is 9.44. The van der Waals surface area contributed by atoms with E-state index in [4.69, 9.17) is 13.3 Å². The Labute approximate surface area is 167 Å². The molecule has 0 heterocycles. The fourth-order valence-electron chi connectivity index (χ4n) is 2.99. The summed E-state index contributed by atoms with van der Waals surface area (Å²) in [6.07, 6.45) is 12.1. The van der Waals surface area contributed by atoms with Crippen LogP contribution in [0.2, 0.25) is 0 Å². The van der Waals surface area contributed by atoms with Gasteiger partial charge in [-0.3, -0.25) is 4.79 Å². The Kier molecular flexibility index (Phi) is 17.3. The molecule has 1 atom stereocenters. The van der Waals surface area contributed by atoms with Gasteiger partial charge in [-0.05, 0) is 34.1 Å². The van der Waals surface area contributed by atoms with Gasteiger partial charge >= 0.3 is 8.80 Å². The molecule has 4 nitrogen and oxygen atoms in total. The molecule has 0 aromatic heterocycles. The van der Waals surface area contributed by atoms with E-state index in [-0.39, 0.29) is 9.99 Å². The minimum atomic E-state index is -2.80. The van der Waals surface area contributed by atoms with Crippen LogP contribution in [0.5, 0.6) is 0 Å². The van der Waals surface area contributed by atoms with Crippen LogP contribution in [-0.2, 0) is 18.1 Å². The van der Waals surface area contributed by atoms with E-state index in [1.54, 1.807) is 0 Å². The average molecular weight is 407 g/mol. The quantitative estimate of drug-likeness (QED) is 0.202. The van der Waals surface area contributed by atoms with Crippen molar-refractivity contribution in [2.75, 3.05) is 19.8 Å². The van der Waals surface area contributed by atoms with Crippen molar-refractivity contribution in [2.45, 2.75) is 104 Å². The summed E-state index contributed by atoms with van der Waals surface area (Å²) < 4.78 is 17.7. The molecule has 0 spiro atoms. The largest absolute Gasteiger partial charge is 0.514 e. The standard InChI is InChI=1S/C20H42O4SSi/c1-6-10-11-12-13-14-15-16-17-18-20(21)25-19(5)26(22-7-2,23-8-3)24-9-4/h19H,6-18H2,1-5H3. The molecule has 0 aromatic rings. The highest BCUT2D eigenvalue weighted by Gasteiger charge is 2.48. The molecule has 0 saturated carbocycles. The van der Waals surface area contributed by atoms with E-state index in [1.807, 2.05) is 27.7 Å². The van der Waals surface area contributed by atoms with Crippen LogP contribution in [0.1, 0.15) is 98.8 Å². The fourth-order valence-corrected chi connectivity index (χ4v) is 7.39. The summed E-state index contributed by atoms with van der Waals surface area (Å²) in [4.78, 5) is 12.3. The van der Waals surface area contributed by atoms with E-state index in [9.17, 15) is 4.79 Å². The molecule has 0 rings (SSSR count). The maximum absolute atomic E-state index is 12.3. The maximum atomic E-state index is 12.3. The first kappa shape index (κ1) is 26.1. The number of unbranched alkanes of at least 4 members (excludes halogenated alkanes) is 8. The van der Waals surface area contributed by atoms with E-state index in [2.05, 4.69) is 6.92 Å². The second-order valence-corrected chi connectivity index (χ2v) is 11.4. The Bertz CT molecular complexity index is 325. The first-order chi connectivity index (χ1) is 12.6. The summed E-state index contributed by atoms with van der Waals surface area (Å²) >= 11 is 1.35. The molecule has 156 valence electrons. The topological polar surface area (TPSA) is 44.8 Å². The van der Waals surface area contributed by atoms with E-state index < -0.39 is 8.80 Å². The normalized spacial score (nSPS) is 13.1. The molecular weight excluding hydrogens is 364 g/mol. The molecular formula is C20H42O4SSi. The van der Waals surface area contributed by atoms with Crippen LogP contribution >= 0.6 is 11.8 Å². The van der Waals surface area contributed by atoms with E-state index in [1.165, 1.54) is 56.7 Å². The zero-order valence-corrected chi connectivity index (χ0v) is 19.6. The minimum absolute atomic E-state index is 0.0617. The Morgan fingerprint density at radius 3 is 1.62 bits per heavy atom. The van der Waals surface area contributed by atoms with Gasteiger partial charge in [-0.1, -0.05) is 70.1 Å². The molecule has 0 bridgehead atoms. The lowest BCUT2D eigenvalue weighted by Crippen LogP contribution is -2.54. The molecule has 0 aliphatic carbocycles. The second kappa shape index (κ2) is 17.2. The van der Waals surface area contributed by atoms with Crippen molar-refractivity contribution < 1.29 is 18.1 Å². The van der Waals surface area contributed by atoms with Gasteiger partial charge in [0.25, 0.3) is 0 Å².